The molecule has 1 aromatic heterocycles. The number of halogens is 1. The Kier molecular flexibility index (Phi) is 5.08. The van der Waals surface area contributed by atoms with Crippen LogP contribution in [0, 0.1) is 0 Å². The van der Waals surface area contributed by atoms with Gasteiger partial charge in [-0.15, -0.1) is 0 Å². The molecule has 0 amide bonds. The molecule has 0 saturated heterocycles. The van der Waals surface area contributed by atoms with E-state index in [4.69, 9.17) is 21.3 Å². The molecular weight excluding hydrogens is 354 g/mol. The van der Waals surface area contributed by atoms with Crippen molar-refractivity contribution in [2.75, 3.05) is 6.61 Å². The van der Waals surface area contributed by atoms with E-state index in [9.17, 15) is 0 Å². The van der Waals surface area contributed by atoms with Gasteiger partial charge in [-0.05, 0) is 66.1 Å². The van der Waals surface area contributed by atoms with Gasteiger partial charge >= 0.3 is 0 Å². The minimum absolute atomic E-state index is 0.714. The summed E-state index contributed by atoms with van der Waals surface area (Å²) in [6, 6.07) is 26.4. The van der Waals surface area contributed by atoms with Gasteiger partial charge in [-0.2, -0.15) is 0 Å². The molecule has 0 atom stereocenters. The van der Waals surface area contributed by atoms with Gasteiger partial charge in [-0.1, -0.05) is 48.9 Å². The minimum atomic E-state index is 0.714. The molecule has 2 nitrogen and oxygen atoms in total. The topological polar surface area (TPSA) is 22.1 Å². The SMILES string of the molecule is CCCOc1ccc(-c2cc(-c3ccccc3)c3cc(Cl)ccc3n2)cc1. The summed E-state index contributed by atoms with van der Waals surface area (Å²) >= 11 is 6.25. The summed E-state index contributed by atoms with van der Waals surface area (Å²) in [6.45, 7) is 2.83. The molecular formula is C24H20ClNO. The molecule has 4 aromatic rings. The van der Waals surface area contributed by atoms with Crippen LogP contribution in [0.2, 0.25) is 5.02 Å². The van der Waals surface area contributed by atoms with E-state index in [1.165, 1.54) is 0 Å². The van der Waals surface area contributed by atoms with Crippen LogP contribution in [0.15, 0.2) is 78.9 Å². The molecule has 0 radical (unpaired) electrons. The van der Waals surface area contributed by atoms with Gasteiger partial charge in [0.15, 0.2) is 0 Å². The second-order valence-electron chi connectivity index (χ2n) is 6.46. The monoisotopic (exact) mass is 373 g/mol. The van der Waals surface area contributed by atoms with E-state index < -0.39 is 0 Å². The molecule has 0 N–H and O–H groups in total. The van der Waals surface area contributed by atoms with Crippen LogP contribution in [0.25, 0.3) is 33.3 Å². The molecule has 3 heteroatoms. The van der Waals surface area contributed by atoms with Crippen LogP contribution in [0.4, 0.5) is 0 Å². The van der Waals surface area contributed by atoms with Gasteiger partial charge in [0.05, 0.1) is 17.8 Å². The molecule has 0 saturated carbocycles. The zero-order valence-electron chi connectivity index (χ0n) is 15.2. The van der Waals surface area contributed by atoms with Crippen molar-refractivity contribution in [1.82, 2.24) is 4.98 Å². The Morgan fingerprint density at radius 2 is 1.63 bits per heavy atom. The quantitative estimate of drug-likeness (QED) is 0.375. The molecule has 0 fully saturated rings. The van der Waals surface area contributed by atoms with Crippen molar-refractivity contribution >= 4 is 22.5 Å². The summed E-state index contributed by atoms with van der Waals surface area (Å²) < 4.78 is 5.69. The summed E-state index contributed by atoms with van der Waals surface area (Å²) in [5.41, 5.74) is 5.21. The smallest absolute Gasteiger partial charge is 0.119 e. The van der Waals surface area contributed by atoms with Crippen LogP contribution in [-0.2, 0) is 0 Å². The Hall–Kier alpha value is -2.84. The molecule has 1 heterocycles. The van der Waals surface area contributed by atoms with E-state index in [-0.39, 0.29) is 0 Å². The molecule has 4 rings (SSSR count). The molecule has 0 unspecified atom stereocenters. The van der Waals surface area contributed by atoms with Crippen LogP contribution in [0.1, 0.15) is 13.3 Å². The number of hydrogen-bond acceptors (Lipinski definition) is 2. The fourth-order valence-electron chi connectivity index (χ4n) is 3.14. The van der Waals surface area contributed by atoms with Crippen molar-refractivity contribution in [3.05, 3.63) is 83.9 Å². The lowest BCUT2D eigenvalue weighted by atomic mass is 9.98. The van der Waals surface area contributed by atoms with Gasteiger partial charge in [0.25, 0.3) is 0 Å². The van der Waals surface area contributed by atoms with Crippen molar-refractivity contribution < 1.29 is 4.74 Å². The first-order chi connectivity index (χ1) is 13.2. The lowest BCUT2D eigenvalue weighted by Crippen LogP contribution is -1.95. The maximum Gasteiger partial charge on any atom is 0.119 e. The zero-order valence-corrected chi connectivity index (χ0v) is 15.9. The molecule has 27 heavy (non-hydrogen) atoms. The highest BCUT2D eigenvalue weighted by molar-refractivity contribution is 6.31. The second-order valence-corrected chi connectivity index (χ2v) is 6.89. The van der Waals surface area contributed by atoms with Crippen molar-refractivity contribution in [3.8, 4) is 28.1 Å². The number of ether oxygens (including phenoxy) is 1. The van der Waals surface area contributed by atoms with Gasteiger partial charge in [0.2, 0.25) is 0 Å². The summed E-state index contributed by atoms with van der Waals surface area (Å²) in [5, 5.41) is 1.77. The van der Waals surface area contributed by atoms with Crippen LogP contribution in [-0.4, -0.2) is 11.6 Å². The highest BCUT2D eigenvalue weighted by Gasteiger charge is 2.10. The van der Waals surface area contributed by atoms with E-state index in [2.05, 4.69) is 37.3 Å². The lowest BCUT2D eigenvalue weighted by Gasteiger charge is -2.11. The first kappa shape index (κ1) is 17.6. The van der Waals surface area contributed by atoms with Crippen molar-refractivity contribution in [2.24, 2.45) is 0 Å². The fourth-order valence-corrected chi connectivity index (χ4v) is 3.32. The van der Waals surface area contributed by atoms with Gasteiger partial charge in [0.1, 0.15) is 5.75 Å². The van der Waals surface area contributed by atoms with E-state index in [1.807, 2.05) is 48.5 Å². The number of rotatable bonds is 5. The standard InChI is InChI=1S/C24H20ClNO/c1-2-14-27-20-11-8-18(9-12-20)24-16-21(17-6-4-3-5-7-17)22-15-19(25)10-13-23(22)26-24/h3-13,15-16H,2,14H2,1H3. The zero-order chi connectivity index (χ0) is 18.6. The van der Waals surface area contributed by atoms with E-state index >= 15 is 0 Å². The Morgan fingerprint density at radius 1 is 0.852 bits per heavy atom. The molecule has 134 valence electrons. The highest BCUT2D eigenvalue weighted by Crippen LogP contribution is 2.33. The summed E-state index contributed by atoms with van der Waals surface area (Å²) in [4.78, 5) is 4.87. The maximum atomic E-state index is 6.25. The largest absolute Gasteiger partial charge is 0.494 e. The summed E-state index contributed by atoms with van der Waals surface area (Å²) in [7, 11) is 0. The summed E-state index contributed by atoms with van der Waals surface area (Å²) in [5.74, 6) is 0.886. The van der Waals surface area contributed by atoms with E-state index in [0.717, 1.165) is 52.1 Å². The van der Waals surface area contributed by atoms with Crippen LogP contribution >= 0.6 is 11.6 Å². The molecule has 0 aliphatic rings. The highest BCUT2D eigenvalue weighted by atomic mass is 35.5. The first-order valence-electron chi connectivity index (χ1n) is 9.13. The maximum absolute atomic E-state index is 6.25. The van der Waals surface area contributed by atoms with Crippen LogP contribution in [0.5, 0.6) is 5.75 Å². The van der Waals surface area contributed by atoms with Gasteiger partial charge < -0.3 is 4.74 Å². The number of pyridine rings is 1. The van der Waals surface area contributed by atoms with Gasteiger partial charge in [0, 0.05) is 16.0 Å². The third-order valence-corrected chi connectivity index (χ3v) is 4.71. The van der Waals surface area contributed by atoms with E-state index in [1.54, 1.807) is 0 Å². The Bertz CT molecular complexity index is 1060. The second kappa shape index (κ2) is 7.81. The third kappa shape index (κ3) is 3.81. The predicted molar refractivity (Wildman–Crippen MR) is 113 cm³/mol. The molecule has 0 aliphatic carbocycles. The average Bonchev–Trinajstić information content (AvgIpc) is 2.72. The number of hydrogen-bond donors (Lipinski definition) is 0. The Balaban J connectivity index is 1.83. The van der Waals surface area contributed by atoms with Gasteiger partial charge in [-0.3, -0.25) is 0 Å². The molecule has 0 spiro atoms. The first-order valence-corrected chi connectivity index (χ1v) is 9.51. The number of benzene rings is 3. The van der Waals surface area contributed by atoms with Crippen LogP contribution in [0.3, 0.4) is 0 Å². The summed E-state index contributed by atoms with van der Waals surface area (Å²) in [6.07, 6.45) is 0.997. The predicted octanol–water partition coefficient (Wildman–Crippen LogP) is 7.01. The molecule has 3 aromatic carbocycles. The Labute approximate surface area is 164 Å². The number of aromatic nitrogens is 1. The fraction of sp³-hybridized carbons (Fsp3) is 0.125. The van der Waals surface area contributed by atoms with Gasteiger partial charge in [-0.25, -0.2) is 4.98 Å². The minimum Gasteiger partial charge on any atom is -0.494 e. The Morgan fingerprint density at radius 3 is 2.37 bits per heavy atom. The normalized spacial score (nSPS) is 10.9. The molecule has 0 bridgehead atoms. The van der Waals surface area contributed by atoms with Crippen molar-refractivity contribution in [3.63, 3.8) is 0 Å². The average molecular weight is 374 g/mol. The molecule has 0 aliphatic heterocycles. The third-order valence-electron chi connectivity index (χ3n) is 4.48. The number of nitrogens with zero attached hydrogens (tertiary/aromatic N) is 1. The van der Waals surface area contributed by atoms with E-state index in [0.29, 0.717) is 5.02 Å². The van der Waals surface area contributed by atoms with Crippen molar-refractivity contribution in [2.45, 2.75) is 13.3 Å². The van der Waals surface area contributed by atoms with Crippen molar-refractivity contribution in [1.29, 1.82) is 0 Å². The van der Waals surface area contributed by atoms with Crippen LogP contribution < -0.4 is 4.74 Å². The lowest BCUT2D eigenvalue weighted by molar-refractivity contribution is 0.317. The number of fused-ring (bicyclic) bond motifs is 1.